The average Bonchev–Trinajstić information content (AvgIpc) is 3.31. The third-order valence-corrected chi connectivity index (χ3v) is 7.32. The average molecular weight is 459 g/mol. The summed E-state index contributed by atoms with van der Waals surface area (Å²) in [7, 11) is 1.60. The summed E-state index contributed by atoms with van der Waals surface area (Å²) in [5, 5.41) is 9.34. The fourth-order valence-corrected chi connectivity index (χ4v) is 5.65. The van der Waals surface area contributed by atoms with Crippen LogP contribution in [0.5, 0.6) is 6.01 Å². The molecule has 2 aliphatic heterocycles. The molecule has 0 unspecified atom stereocenters. The van der Waals surface area contributed by atoms with Crippen LogP contribution in [0.25, 0.3) is 0 Å². The molecule has 3 heterocycles. The van der Waals surface area contributed by atoms with Crippen LogP contribution >= 0.6 is 0 Å². The number of ether oxygens (including phenoxy) is 1. The molecule has 0 bridgehead atoms. The van der Waals surface area contributed by atoms with Crippen LogP contribution in [0.1, 0.15) is 29.7 Å². The van der Waals surface area contributed by atoms with Crippen LogP contribution in [0.15, 0.2) is 36.9 Å². The molecule has 3 aliphatic rings. The largest absolute Gasteiger partial charge is 0.467 e. The van der Waals surface area contributed by atoms with E-state index in [-0.39, 0.29) is 18.4 Å². The normalized spacial score (nSPS) is 21.5. The summed E-state index contributed by atoms with van der Waals surface area (Å²) in [6.45, 7) is 6.40. The van der Waals surface area contributed by atoms with Crippen molar-refractivity contribution < 1.29 is 9.53 Å². The maximum atomic E-state index is 12.3. The minimum absolute atomic E-state index is 0.129. The van der Waals surface area contributed by atoms with E-state index < -0.39 is 0 Å². The van der Waals surface area contributed by atoms with Gasteiger partial charge in [-0.05, 0) is 37.0 Å². The Morgan fingerprint density at radius 3 is 2.91 bits per heavy atom. The van der Waals surface area contributed by atoms with Crippen LogP contribution in [0, 0.1) is 11.3 Å². The topological polar surface area (TPSA) is 85.6 Å². The molecule has 1 aromatic heterocycles. The van der Waals surface area contributed by atoms with Crippen LogP contribution in [0.2, 0.25) is 0 Å². The highest BCUT2D eigenvalue weighted by molar-refractivity contribution is 5.87. The molecule has 2 aromatic rings. The minimum atomic E-state index is -0.196. The van der Waals surface area contributed by atoms with Gasteiger partial charge in [0.2, 0.25) is 5.91 Å². The van der Waals surface area contributed by atoms with E-state index in [0.717, 1.165) is 43.7 Å². The molecule has 0 radical (unpaired) electrons. The highest BCUT2D eigenvalue weighted by Gasteiger charge is 2.35. The Bertz CT molecular complexity index is 1140. The number of rotatable bonds is 5. The molecule has 1 saturated heterocycles. The Hall–Kier alpha value is -3.60. The number of carbonyl (C=O) groups excluding carboxylic acids is 1. The number of methoxy groups -OCH3 is 1. The Morgan fingerprint density at radius 2 is 2.12 bits per heavy atom. The molecule has 1 aromatic carbocycles. The molecule has 1 amide bonds. The van der Waals surface area contributed by atoms with Crippen molar-refractivity contribution >= 4 is 17.4 Å². The maximum Gasteiger partial charge on any atom is 0.318 e. The quantitative estimate of drug-likeness (QED) is 0.637. The predicted octanol–water partition coefficient (Wildman–Crippen LogP) is 2.52. The summed E-state index contributed by atoms with van der Waals surface area (Å²) in [6, 6.07) is 11.5. The van der Waals surface area contributed by atoms with Crippen molar-refractivity contribution in [1.29, 1.82) is 5.26 Å². The zero-order valence-corrected chi connectivity index (χ0v) is 19.6. The van der Waals surface area contributed by atoms with E-state index >= 15 is 0 Å². The number of anilines is 2. The number of nitrogens with zero attached hydrogens (tertiary/aromatic N) is 6. The Kier molecular flexibility index (Phi) is 6.10. The second-order valence-corrected chi connectivity index (χ2v) is 9.13. The van der Waals surface area contributed by atoms with Gasteiger partial charge >= 0.3 is 6.01 Å². The fraction of sp³-hybridized carbons (Fsp3) is 0.462. The summed E-state index contributed by atoms with van der Waals surface area (Å²) in [5.41, 5.74) is 4.98. The predicted molar refractivity (Wildman–Crippen MR) is 130 cm³/mol. The van der Waals surface area contributed by atoms with Gasteiger partial charge in [0, 0.05) is 49.9 Å². The number of hydrogen-bond acceptors (Lipinski definition) is 7. The van der Waals surface area contributed by atoms with Gasteiger partial charge in [-0.2, -0.15) is 15.2 Å². The van der Waals surface area contributed by atoms with E-state index in [1.807, 2.05) is 0 Å². The molecule has 5 rings (SSSR count). The van der Waals surface area contributed by atoms with Gasteiger partial charge in [0.1, 0.15) is 5.82 Å². The summed E-state index contributed by atoms with van der Waals surface area (Å²) in [4.78, 5) is 28.3. The molecule has 0 N–H and O–H groups in total. The summed E-state index contributed by atoms with van der Waals surface area (Å²) < 4.78 is 5.49. The van der Waals surface area contributed by atoms with E-state index in [0.29, 0.717) is 31.7 Å². The number of benzene rings is 1. The number of hydrogen-bond donors (Lipinski definition) is 0. The lowest BCUT2D eigenvalue weighted by atomic mass is 9.90. The molecule has 8 nitrogen and oxygen atoms in total. The van der Waals surface area contributed by atoms with Crippen molar-refractivity contribution in [1.82, 2.24) is 14.9 Å². The number of piperazine rings is 1. The number of amides is 1. The van der Waals surface area contributed by atoms with E-state index in [2.05, 4.69) is 46.7 Å². The number of carbonyl (C=O) groups is 1. The van der Waals surface area contributed by atoms with Crippen molar-refractivity contribution in [3.8, 4) is 12.1 Å². The lowest BCUT2D eigenvalue weighted by Gasteiger charge is -2.42. The second kappa shape index (κ2) is 9.34. The molecule has 0 spiro atoms. The first kappa shape index (κ1) is 22.2. The molecular weight excluding hydrogens is 428 g/mol. The Balaban J connectivity index is 1.42. The number of nitriles is 1. The summed E-state index contributed by atoms with van der Waals surface area (Å²) in [6.07, 6.45) is 5.48. The third kappa shape index (κ3) is 3.96. The van der Waals surface area contributed by atoms with Gasteiger partial charge in [0.15, 0.2) is 0 Å². The van der Waals surface area contributed by atoms with Crippen LogP contribution in [0.3, 0.4) is 0 Å². The van der Waals surface area contributed by atoms with Gasteiger partial charge in [-0.1, -0.05) is 24.8 Å². The smallest absolute Gasteiger partial charge is 0.318 e. The number of para-hydroxylation sites is 1. The van der Waals surface area contributed by atoms with E-state index in [9.17, 15) is 10.1 Å². The summed E-state index contributed by atoms with van der Waals surface area (Å²) in [5.74, 6) is 0.756. The van der Waals surface area contributed by atoms with Crippen LogP contribution in [-0.2, 0) is 24.1 Å². The van der Waals surface area contributed by atoms with Crippen LogP contribution in [-0.4, -0.2) is 66.1 Å². The second-order valence-electron chi connectivity index (χ2n) is 9.13. The zero-order chi connectivity index (χ0) is 23.7. The first-order valence-electron chi connectivity index (χ1n) is 12.0. The van der Waals surface area contributed by atoms with Crippen molar-refractivity contribution in [3.05, 3.63) is 53.7 Å². The highest BCUT2D eigenvalue weighted by Crippen LogP contribution is 2.37. The number of aromatic nitrogens is 2. The monoisotopic (exact) mass is 458 g/mol. The van der Waals surface area contributed by atoms with Crippen LogP contribution in [0.4, 0.5) is 11.5 Å². The summed E-state index contributed by atoms with van der Waals surface area (Å²) >= 11 is 0. The minimum Gasteiger partial charge on any atom is -0.467 e. The maximum absolute atomic E-state index is 12.3. The Labute approximate surface area is 200 Å². The first-order valence-corrected chi connectivity index (χ1v) is 12.0. The van der Waals surface area contributed by atoms with Crippen molar-refractivity contribution in [3.63, 3.8) is 0 Å². The van der Waals surface area contributed by atoms with Gasteiger partial charge in [0.25, 0.3) is 0 Å². The molecule has 1 fully saturated rings. The molecule has 176 valence electrons. The van der Waals surface area contributed by atoms with Crippen molar-refractivity contribution in [2.75, 3.05) is 43.1 Å². The van der Waals surface area contributed by atoms with Crippen LogP contribution < -0.4 is 14.5 Å². The molecule has 8 heteroatoms. The zero-order valence-electron chi connectivity index (χ0n) is 19.6. The van der Waals surface area contributed by atoms with Gasteiger partial charge in [0.05, 0.1) is 31.3 Å². The number of fused-ring (bicyclic) bond motifs is 2. The van der Waals surface area contributed by atoms with E-state index in [1.54, 1.807) is 12.0 Å². The standard InChI is InChI=1S/C26H30N6O2/c1-3-24(33)32-15-14-30(17-20(32)10-12-27)25-21-9-8-19(16-22(21)28-26(29-25)34-2)31-13-11-18-6-4-5-7-23(18)31/h3-7,19-20H,1,8-11,13-17H2,2H3/t19-,20-/m0/s1. The van der Waals surface area contributed by atoms with Gasteiger partial charge < -0.3 is 19.4 Å². The molecule has 2 atom stereocenters. The van der Waals surface area contributed by atoms with Crippen molar-refractivity contribution in [2.24, 2.45) is 0 Å². The Morgan fingerprint density at radius 1 is 1.26 bits per heavy atom. The third-order valence-electron chi connectivity index (χ3n) is 7.32. The fourth-order valence-electron chi connectivity index (χ4n) is 5.65. The SMILES string of the molecule is C=CC(=O)N1CCN(c2nc(OC)nc3c2CC[C@H](N2CCc4ccccc42)C3)C[C@@H]1CC#N. The van der Waals surface area contributed by atoms with Gasteiger partial charge in [-0.15, -0.1) is 0 Å². The lowest BCUT2D eigenvalue weighted by molar-refractivity contribution is -0.128. The van der Waals surface area contributed by atoms with Gasteiger partial charge in [-0.3, -0.25) is 4.79 Å². The lowest BCUT2D eigenvalue weighted by Crippen LogP contribution is -2.55. The highest BCUT2D eigenvalue weighted by atomic mass is 16.5. The van der Waals surface area contributed by atoms with E-state index in [1.165, 1.54) is 22.9 Å². The van der Waals surface area contributed by atoms with Gasteiger partial charge in [-0.25, -0.2) is 0 Å². The molecular formula is C26H30N6O2. The molecule has 0 saturated carbocycles. The van der Waals surface area contributed by atoms with E-state index in [4.69, 9.17) is 14.7 Å². The molecule has 34 heavy (non-hydrogen) atoms. The molecule has 1 aliphatic carbocycles. The first-order chi connectivity index (χ1) is 16.6. The van der Waals surface area contributed by atoms with Crippen molar-refractivity contribution in [2.45, 2.75) is 44.2 Å².